The maximum atomic E-state index is 14.0. The minimum absolute atomic E-state index is 0.0335. The molecule has 14 heteroatoms. The molecule has 0 atom stereocenters. The van der Waals surface area contributed by atoms with Crippen LogP contribution in [0, 0.1) is 6.92 Å². The fourth-order valence-corrected chi connectivity index (χ4v) is 1.81. The molecule has 0 saturated heterocycles. The zero-order valence-electron chi connectivity index (χ0n) is 11.7. The average Bonchev–Trinajstić information content (AvgIpc) is 2.37. The van der Waals surface area contributed by atoms with Crippen molar-refractivity contribution in [2.75, 3.05) is 0 Å². The largest absolute Gasteiger partial charge is 0.573 e. The van der Waals surface area contributed by atoms with E-state index in [0.717, 1.165) is 0 Å². The van der Waals surface area contributed by atoms with Crippen LogP contribution in [0.1, 0.15) is 11.1 Å². The lowest BCUT2D eigenvalue weighted by Crippen LogP contribution is -2.50. The van der Waals surface area contributed by atoms with Crippen molar-refractivity contribution in [3.8, 4) is 5.75 Å². The third-order valence-corrected chi connectivity index (χ3v) is 2.81. The lowest BCUT2D eigenvalue weighted by atomic mass is 9.92. The van der Waals surface area contributed by atoms with Gasteiger partial charge in [0, 0.05) is 10.5 Å². The molecule has 0 aromatic heterocycles. The molecule has 1 aromatic carbocycles. The Kier molecular flexibility index (Phi) is 5.10. The number of aryl methyl sites for hydroxylation is 1. The molecule has 0 saturated carbocycles. The molecule has 0 unspecified atom stereocenters. The maximum absolute atomic E-state index is 14.0. The Morgan fingerprint density at radius 1 is 0.920 bits per heavy atom. The summed E-state index contributed by atoms with van der Waals surface area (Å²) in [6.07, 6.45) is -18.6. The second kappa shape index (κ2) is 6.17. The molecular formula is C11H5F10N3O. The molecule has 0 aliphatic carbocycles. The second-order valence-electron chi connectivity index (χ2n) is 4.53. The first-order chi connectivity index (χ1) is 11.0. The molecule has 0 amide bonds. The average molecular weight is 385 g/mol. The Morgan fingerprint density at radius 2 is 1.40 bits per heavy atom. The van der Waals surface area contributed by atoms with E-state index >= 15 is 0 Å². The van der Waals surface area contributed by atoms with Gasteiger partial charge in [-0.3, -0.25) is 0 Å². The quantitative estimate of drug-likeness (QED) is 0.267. The number of nitrogens with zero attached hydrogens (tertiary/aromatic N) is 3. The van der Waals surface area contributed by atoms with Gasteiger partial charge in [-0.05, 0) is 24.1 Å². The predicted octanol–water partition coefficient (Wildman–Crippen LogP) is 6.12. The van der Waals surface area contributed by atoms with Gasteiger partial charge in [0.25, 0.3) is 0 Å². The third kappa shape index (κ3) is 4.00. The number of halogens is 10. The maximum Gasteiger partial charge on any atom is 0.573 e. The standard InChI is InChI=1S/C11H5F10N3O/c1-4-2-5(8(12,9(13,14)15)10(16,17)18)3-6(7(4)23-24-22)25-11(19,20)21/h2-3H,1H3. The van der Waals surface area contributed by atoms with E-state index in [1.807, 2.05) is 0 Å². The van der Waals surface area contributed by atoms with E-state index in [1.54, 1.807) is 0 Å². The van der Waals surface area contributed by atoms with Gasteiger partial charge in [-0.15, -0.1) is 13.2 Å². The van der Waals surface area contributed by atoms with E-state index in [1.165, 1.54) is 0 Å². The van der Waals surface area contributed by atoms with Gasteiger partial charge in [0.2, 0.25) is 0 Å². The molecule has 0 N–H and O–H groups in total. The monoisotopic (exact) mass is 385 g/mol. The summed E-state index contributed by atoms with van der Waals surface area (Å²) in [6, 6.07) is -0.500. The first-order valence-electron chi connectivity index (χ1n) is 5.83. The molecule has 1 aromatic rings. The molecule has 1 rings (SSSR count). The normalized spacial score (nSPS) is 13.4. The molecule has 0 aliphatic rings. The first-order valence-corrected chi connectivity index (χ1v) is 5.83. The highest BCUT2D eigenvalue weighted by atomic mass is 19.4. The van der Waals surface area contributed by atoms with Crippen LogP contribution in [-0.4, -0.2) is 18.7 Å². The van der Waals surface area contributed by atoms with E-state index < -0.39 is 53.0 Å². The van der Waals surface area contributed by atoms with Crippen molar-refractivity contribution >= 4 is 5.69 Å². The van der Waals surface area contributed by atoms with Crippen molar-refractivity contribution in [2.24, 2.45) is 5.11 Å². The van der Waals surface area contributed by atoms with Crippen molar-refractivity contribution in [1.29, 1.82) is 0 Å². The number of alkyl halides is 10. The van der Waals surface area contributed by atoms with Crippen LogP contribution in [0.4, 0.5) is 49.6 Å². The van der Waals surface area contributed by atoms with Gasteiger partial charge in [-0.1, -0.05) is 11.2 Å². The number of ether oxygens (including phenoxy) is 1. The number of benzene rings is 1. The summed E-state index contributed by atoms with van der Waals surface area (Å²) in [5.74, 6) is -1.71. The summed E-state index contributed by atoms with van der Waals surface area (Å²) in [7, 11) is 0. The summed E-state index contributed by atoms with van der Waals surface area (Å²) in [4.78, 5) is 2.09. The predicted molar refractivity (Wildman–Crippen MR) is 61.6 cm³/mol. The van der Waals surface area contributed by atoms with Crippen molar-refractivity contribution in [3.05, 3.63) is 33.7 Å². The molecule has 0 spiro atoms. The number of azide groups is 1. The fraction of sp³-hybridized carbons (Fsp3) is 0.455. The molecule has 4 nitrogen and oxygen atoms in total. The van der Waals surface area contributed by atoms with Crippen LogP contribution < -0.4 is 4.74 Å². The lowest BCUT2D eigenvalue weighted by Gasteiger charge is -2.31. The smallest absolute Gasteiger partial charge is 0.405 e. The SMILES string of the molecule is Cc1cc(C(F)(C(F)(F)F)C(F)(F)F)cc(OC(F)(F)F)c1N=[N+]=[N-]. The summed E-state index contributed by atoms with van der Waals surface area (Å²) in [5.41, 5.74) is -1.78. The Bertz CT molecular complexity index is 686. The van der Waals surface area contributed by atoms with Crippen LogP contribution in [0.5, 0.6) is 5.75 Å². The Hall–Kier alpha value is -2.37. The van der Waals surface area contributed by atoms with E-state index in [0.29, 0.717) is 6.92 Å². The van der Waals surface area contributed by atoms with Crippen molar-refractivity contribution in [3.63, 3.8) is 0 Å². The molecule has 25 heavy (non-hydrogen) atoms. The van der Waals surface area contributed by atoms with Crippen molar-refractivity contribution in [2.45, 2.75) is 31.3 Å². The summed E-state index contributed by atoms with van der Waals surface area (Å²) >= 11 is 0. The van der Waals surface area contributed by atoms with E-state index in [4.69, 9.17) is 5.53 Å². The van der Waals surface area contributed by atoms with Crippen LogP contribution >= 0.6 is 0 Å². The molecule has 0 radical (unpaired) electrons. The van der Waals surface area contributed by atoms with Gasteiger partial charge in [-0.25, -0.2) is 4.39 Å². The van der Waals surface area contributed by atoms with Crippen molar-refractivity contribution < 1.29 is 48.6 Å². The van der Waals surface area contributed by atoms with Crippen LogP contribution in [0.2, 0.25) is 0 Å². The molecule has 0 aliphatic heterocycles. The minimum Gasteiger partial charge on any atom is -0.405 e. The lowest BCUT2D eigenvalue weighted by molar-refractivity contribution is -0.348. The molecular weight excluding hydrogens is 380 g/mol. The van der Waals surface area contributed by atoms with Gasteiger partial charge in [0.05, 0.1) is 5.69 Å². The van der Waals surface area contributed by atoms with E-state index in [9.17, 15) is 43.9 Å². The van der Waals surface area contributed by atoms with Crippen LogP contribution in [0.15, 0.2) is 17.2 Å². The highest BCUT2D eigenvalue weighted by Crippen LogP contribution is 2.54. The second-order valence-corrected chi connectivity index (χ2v) is 4.53. The van der Waals surface area contributed by atoms with Gasteiger partial charge in [0.15, 0.2) is 0 Å². The number of hydrogen-bond acceptors (Lipinski definition) is 2. The Morgan fingerprint density at radius 3 is 1.76 bits per heavy atom. The highest BCUT2D eigenvalue weighted by molar-refractivity contribution is 5.60. The Labute approximate surface area is 131 Å². The molecule has 0 heterocycles. The van der Waals surface area contributed by atoms with Crippen LogP contribution in [-0.2, 0) is 5.67 Å². The molecule has 140 valence electrons. The van der Waals surface area contributed by atoms with E-state index in [-0.39, 0.29) is 6.07 Å². The summed E-state index contributed by atoms with van der Waals surface area (Å²) in [6.45, 7) is 0.712. The third-order valence-electron chi connectivity index (χ3n) is 2.81. The van der Waals surface area contributed by atoms with Crippen LogP contribution in [0.25, 0.3) is 10.4 Å². The number of hydrogen-bond donors (Lipinski definition) is 0. The molecule has 0 bridgehead atoms. The first kappa shape index (κ1) is 20.7. The Balaban J connectivity index is 3.80. The minimum atomic E-state index is -6.53. The number of rotatable bonds is 3. The zero-order valence-corrected chi connectivity index (χ0v) is 11.7. The highest BCUT2D eigenvalue weighted by Gasteiger charge is 2.73. The van der Waals surface area contributed by atoms with Gasteiger partial charge in [-0.2, -0.15) is 26.3 Å². The topological polar surface area (TPSA) is 58.0 Å². The van der Waals surface area contributed by atoms with Gasteiger partial charge in [0.1, 0.15) is 5.75 Å². The summed E-state index contributed by atoms with van der Waals surface area (Å²) < 4.78 is 130. The van der Waals surface area contributed by atoms with Crippen molar-refractivity contribution in [1.82, 2.24) is 0 Å². The zero-order chi connectivity index (χ0) is 19.8. The fourth-order valence-electron chi connectivity index (χ4n) is 1.81. The van der Waals surface area contributed by atoms with Gasteiger partial charge < -0.3 is 4.74 Å². The molecule has 0 fully saturated rings. The van der Waals surface area contributed by atoms with Gasteiger partial charge >= 0.3 is 24.4 Å². The summed E-state index contributed by atoms with van der Waals surface area (Å²) in [5, 5.41) is 2.71. The van der Waals surface area contributed by atoms with Crippen LogP contribution in [0.3, 0.4) is 0 Å². The van der Waals surface area contributed by atoms with E-state index in [2.05, 4.69) is 14.8 Å².